The van der Waals surface area contributed by atoms with Crippen molar-refractivity contribution in [3.63, 3.8) is 0 Å². The quantitative estimate of drug-likeness (QED) is 0.364. The van der Waals surface area contributed by atoms with Crippen LogP contribution in [-0.4, -0.2) is 52.7 Å². The number of carboxylic acid groups (broad SMARTS) is 1. The van der Waals surface area contributed by atoms with Gasteiger partial charge in [0.05, 0.1) is 12.6 Å². The molecule has 0 aliphatic rings. The third-order valence-corrected chi connectivity index (χ3v) is 3.20. The van der Waals surface area contributed by atoms with Crippen molar-refractivity contribution < 1.29 is 24.6 Å². The Bertz CT molecular complexity index is 412. The molecule has 8 heteroatoms. The van der Waals surface area contributed by atoms with Crippen LogP contribution in [0.5, 0.6) is 0 Å². The number of hydrogen-bond acceptors (Lipinski definition) is 5. The van der Waals surface area contributed by atoms with Gasteiger partial charge < -0.3 is 26.6 Å². The fourth-order valence-corrected chi connectivity index (χ4v) is 2.05. The predicted molar refractivity (Wildman–Crippen MR) is 85.5 cm³/mol. The summed E-state index contributed by atoms with van der Waals surface area (Å²) in [4.78, 5) is 35.1. The first-order chi connectivity index (χ1) is 10.6. The van der Waals surface area contributed by atoms with Gasteiger partial charge in [0.25, 0.3) is 0 Å². The Kier molecular flexibility index (Phi) is 9.43. The molecule has 6 N–H and O–H groups in total. The highest BCUT2D eigenvalue weighted by atomic mass is 16.4. The number of nitrogens with one attached hydrogen (secondary N) is 2. The Morgan fingerprint density at radius 1 is 0.913 bits per heavy atom. The molecule has 0 saturated carbocycles. The van der Waals surface area contributed by atoms with Crippen LogP contribution >= 0.6 is 0 Å². The highest BCUT2D eigenvalue weighted by Crippen LogP contribution is 2.06. The SMILES string of the molecule is CC(C)C[C@H](NC(=O)[C@H](CO)NC(=O)[C@@H](N)CC(C)C)C(=O)O. The van der Waals surface area contributed by atoms with Crippen LogP contribution < -0.4 is 16.4 Å². The topological polar surface area (TPSA) is 142 Å². The van der Waals surface area contributed by atoms with Gasteiger partial charge in [-0.2, -0.15) is 0 Å². The average Bonchev–Trinajstić information content (AvgIpc) is 2.41. The number of nitrogens with two attached hydrogens (primary N) is 1. The van der Waals surface area contributed by atoms with Crippen LogP contribution in [0.1, 0.15) is 40.5 Å². The number of aliphatic hydroxyl groups is 1. The van der Waals surface area contributed by atoms with E-state index < -0.39 is 42.5 Å². The van der Waals surface area contributed by atoms with E-state index in [0.717, 1.165) is 0 Å². The van der Waals surface area contributed by atoms with Crippen molar-refractivity contribution in [3.8, 4) is 0 Å². The average molecular weight is 331 g/mol. The third kappa shape index (κ3) is 8.51. The molecule has 0 unspecified atom stereocenters. The number of carboxylic acids is 1. The van der Waals surface area contributed by atoms with Gasteiger partial charge >= 0.3 is 5.97 Å². The van der Waals surface area contributed by atoms with E-state index in [4.69, 9.17) is 10.8 Å². The summed E-state index contributed by atoms with van der Waals surface area (Å²) in [6, 6.07) is -3.09. The lowest BCUT2D eigenvalue weighted by Gasteiger charge is -2.22. The van der Waals surface area contributed by atoms with Crippen LogP contribution in [0.2, 0.25) is 0 Å². The predicted octanol–water partition coefficient (Wildman–Crippen LogP) is -0.548. The standard InChI is InChI=1S/C15H29N3O5/c1-8(2)5-10(16)13(20)18-12(7-19)14(21)17-11(15(22)23)6-9(3)4/h8-12,19H,5-7,16H2,1-4H3,(H,17,21)(H,18,20)(H,22,23)/t10-,11-,12-/m0/s1. The number of carbonyl (C=O) groups is 3. The first-order valence-electron chi connectivity index (χ1n) is 7.78. The van der Waals surface area contributed by atoms with Crippen LogP contribution in [0.15, 0.2) is 0 Å². The summed E-state index contributed by atoms with van der Waals surface area (Å²) in [5.74, 6) is -2.18. The molecule has 0 heterocycles. The second-order valence-electron chi connectivity index (χ2n) is 6.51. The first kappa shape index (κ1) is 21.3. The van der Waals surface area contributed by atoms with Gasteiger partial charge in [0.1, 0.15) is 12.1 Å². The van der Waals surface area contributed by atoms with E-state index in [-0.39, 0.29) is 18.3 Å². The summed E-state index contributed by atoms with van der Waals surface area (Å²) >= 11 is 0. The zero-order valence-corrected chi connectivity index (χ0v) is 14.2. The van der Waals surface area contributed by atoms with Gasteiger partial charge in [-0.25, -0.2) is 4.79 Å². The largest absolute Gasteiger partial charge is 0.480 e. The Hall–Kier alpha value is -1.67. The maximum Gasteiger partial charge on any atom is 0.326 e. The van der Waals surface area contributed by atoms with Gasteiger partial charge in [0.2, 0.25) is 11.8 Å². The molecule has 0 rings (SSSR count). The fraction of sp³-hybridized carbons (Fsp3) is 0.800. The van der Waals surface area contributed by atoms with Crippen molar-refractivity contribution in [2.24, 2.45) is 17.6 Å². The Morgan fingerprint density at radius 3 is 1.78 bits per heavy atom. The molecule has 0 spiro atoms. The van der Waals surface area contributed by atoms with Crippen LogP contribution in [0.3, 0.4) is 0 Å². The smallest absolute Gasteiger partial charge is 0.326 e. The van der Waals surface area contributed by atoms with Crippen LogP contribution in [0.4, 0.5) is 0 Å². The van der Waals surface area contributed by atoms with Crippen molar-refractivity contribution >= 4 is 17.8 Å². The maximum absolute atomic E-state index is 12.1. The van der Waals surface area contributed by atoms with Gasteiger partial charge in [0, 0.05) is 0 Å². The maximum atomic E-state index is 12.1. The summed E-state index contributed by atoms with van der Waals surface area (Å²) in [7, 11) is 0. The number of amides is 2. The van der Waals surface area contributed by atoms with E-state index in [2.05, 4.69) is 10.6 Å². The second-order valence-corrected chi connectivity index (χ2v) is 6.51. The summed E-state index contributed by atoms with van der Waals surface area (Å²) in [5, 5.41) is 23.1. The van der Waals surface area contributed by atoms with Crippen molar-refractivity contribution in [1.29, 1.82) is 0 Å². The summed E-state index contributed by atoms with van der Waals surface area (Å²) in [6.07, 6.45) is 0.691. The molecule has 0 aliphatic heterocycles. The summed E-state index contributed by atoms with van der Waals surface area (Å²) < 4.78 is 0. The lowest BCUT2D eigenvalue weighted by atomic mass is 10.0. The monoisotopic (exact) mass is 331 g/mol. The van der Waals surface area contributed by atoms with Crippen molar-refractivity contribution in [2.75, 3.05) is 6.61 Å². The minimum atomic E-state index is -1.23. The number of carbonyl (C=O) groups excluding carboxylic acids is 2. The Labute approximate surface area is 136 Å². The van der Waals surface area contributed by atoms with Crippen LogP contribution in [0.25, 0.3) is 0 Å². The summed E-state index contributed by atoms with van der Waals surface area (Å²) in [5.41, 5.74) is 5.72. The van der Waals surface area contributed by atoms with E-state index in [0.29, 0.717) is 6.42 Å². The molecule has 2 amide bonds. The highest BCUT2D eigenvalue weighted by molar-refractivity contribution is 5.91. The van der Waals surface area contributed by atoms with E-state index in [9.17, 15) is 19.5 Å². The molecule has 8 nitrogen and oxygen atoms in total. The third-order valence-electron chi connectivity index (χ3n) is 3.20. The number of rotatable bonds is 10. The van der Waals surface area contributed by atoms with E-state index >= 15 is 0 Å². The number of aliphatic hydroxyl groups excluding tert-OH is 1. The number of aliphatic carboxylic acids is 1. The molecule has 0 radical (unpaired) electrons. The van der Waals surface area contributed by atoms with Crippen molar-refractivity contribution in [3.05, 3.63) is 0 Å². The van der Waals surface area contributed by atoms with Gasteiger partial charge in [-0.3, -0.25) is 9.59 Å². The minimum absolute atomic E-state index is 0.0676. The van der Waals surface area contributed by atoms with E-state index in [1.807, 2.05) is 27.7 Å². The molecular formula is C15H29N3O5. The normalized spacial score (nSPS) is 15.1. The first-order valence-corrected chi connectivity index (χ1v) is 7.78. The van der Waals surface area contributed by atoms with Crippen molar-refractivity contribution in [1.82, 2.24) is 10.6 Å². The van der Waals surface area contributed by atoms with E-state index in [1.54, 1.807) is 0 Å². The molecule has 0 aromatic rings. The zero-order valence-electron chi connectivity index (χ0n) is 14.2. The summed E-state index contributed by atoms with van der Waals surface area (Å²) in [6.45, 7) is 6.84. The molecule has 0 fully saturated rings. The van der Waals surface area contributed by atoms with Crippen LogP contribution in [-0.2, 0) is 14.4 Å². The van der Waals surface area contributed by atoms with Gasteiger partial charge in [-0.15, -0.1) is 0 Å². The number of hydrogen-bond donors (Lipinski definition) is 5. The molecule has 23 heavy (non-hydrogen) atoms. The minimum Gasteiger partial charge on any atom is -0.480 e. The molecular weight excluding hydrogens is 302 g/mol. The van der Waals surface area contributed by atoms with Crippen molar-refractivity contribution in [2.45, 2.75) is 58.7 Å². The Balaban J connectivity index is 4.72. The van der Waals surface area contributed by atoms with E-state index in [1.165, 1.54) is 0 Å². The second kappa shape index (κ2) is 10.2. The van der Waals surface area contributed by atoms with Gasteiger partial charge in [0.15, 0.2) is 0 Å². The zero-order chi connectivity index (χ0) is 18.2. The molecule has 0 saturated heterocycles. The lowest BCUT2D eigenvalue weighted by molar-refractivity contribution is -0.143. The molecule has 0 aliphatic carbocycles. The van der Waals surface area contributed by atoms with Gasteiger partial charge in [-0.05, 0) is 24.7 Å². The molecule has 0 aromatic heterocycles. The lowest BCUT2D eigenvalue weighted by Crippen LogP contribution is -2.56. The Morgan fingerprint density at radius 2 is 1.39 bits per heavy atom. The highest BCUT2D eigenvalue weighted by Gasteiger charge is 2.28. The molecule has 0 bridgehead atoms. The fourth-order valence-electron chi connectivity index (χ4n) is 2.05. The molecule has 134 valence electrons. The molecule has 0 aromatic carbocycles. The van der Waals surface area contributed by atoms with Gasteiger partial charge in [-0.1, -0.05) is 27.7 Å². The molecule has 3 atom stereocenters. The van der Waals surface area contributed by atoms with Crippen LogP contribution in [0, 0.1) is 11.8 Å².